The number of rotatable bonds is 3. The highest BCUT2D eigenvalue weighted by Gasteiger charge is 2.61. The zero-order valence-electron chi connectivity index (χ0n) is 9.00. The van der Waals surface area contributed by atoms with Gasteiger partial charge in [0.15, 0.2) is 9.84 Å². The Bertz CT molecular complexity index is 549. The van der Waals surface area contributed by atoms with E-state index in [-0.39, 0.29) is 0 Å². The van der Waals surface area contributed by atoms with Gasteiger partial charge in [-0.2, -0.15) is 0 Å². The van der Waals surface area contributed by atoms with Crippen molar-refractivity contribution in [3.05, 3.63) is 35.6 Å². The minimum absolute atomic E-state index is 0.433. The lowest BCUT2D eigenvalue weighted by Crippen LogP contribution is -2.10. The van der Waals surface area contributed by atoms with Gasteiger partial charge in [0.05, 0.1) is 11.2 Å². The Hall–Kier alpha value is -1.43. The number of carboxylic acid groups (broad SMARTS) is 1. The molecule has 1 aliphatic carbocycles. The van der Waals surface area contributed by atoms with Crippen molar-refractivity contribution in [2.75, 3.05) is 6.26 Å². The second kappa shape index (κ2) is 3.80. The molecule has 6 heteroatoms. The number of carbonyl (C=O) groups is 1. The Labute approximate surface area is 98.0 Å². The van der Waals surface area contributed by atoms with Crippen molar-refractivity contribution >= 4 is 15.8 Å². The Balaban J connectivity index is 2.34. The van der Waals surface area contributed by atoms with Crippen LogP contribution in [0.2, 0.25) is 0 Å². The molecule has 1 saturated carbocycles. The monoisotopic (exact) mass is 258 g/mol. The second-order valence-corrected chi connectivity index (χ2v) is 6.44. The molecule has 0 unspecified atom stereocenters. The molecule has 2 rings (SSSR count). The number of aliphatic carboxylic acids is 1. The van der Waals surface area contributed by atoms with Crippen molar-refractivity contribution in [1.82, 2.24) is 0 Å². The summed E-state index contributed by atoms with van der Waals surface area (Å²) in [5.41, 5.74) is 0.550. The third kappa shape index (κ3) is 2.17. The van der Waals surface area contributed by atoms with E-state index < -0.39 is 38.7 Å². The lowest BCUT2D eigenvalue weighted by atomic mass is 10.1. The number of carboxylic acids is 1. The minimum Gasteiger partial charge on any atom is -0.481 e. The zero-order valence-corrected chi connectivity index (χ0v) is 9.82. The van der Waals surface area contributed by atoms with E-state index in [1.54, 1.807) is 0 Å². The summed E-state index contributed by atoms with van der Waals surface area (Å²) < 4.78 is 35.6. The van der Waals surface area contributed by atoms with Crippen molar-refractivity contribution < 1.29 is 22.7 Å². The van der Waals surface area contributed by atoms with Gasteiger partial charge >= 0.3 is 5.97 Å². The first-order valence-corrected chi connectivity index (χ1v) is 6.95. The number of benzene rings is 1. The molecular weight excluding hydrogens is 247 g/mol. The SMILES string of the molecule is CS(=O)(=O)[C@@H]1[C@H](C(=O)O)[C@@H]1c1ccc(F)cc1. The molecule has 1 aliphatic rings. The Kier molecular flexibility index (Phi) is 2.69. The maximum absolute atomic E-state index is 12.7. The largest absolute Gasteiger partial charge is 0.481 e. The van der Waals surface area contributed by atoms with Gasteiger partial charge in [-0.1, -0.05) is 12.1 Å². The summed E-state index contributed by atoms with van der Waals surface area (Å²) in [6, 6.07) is 5.26. The van der Waals surface area contributed by atoms with E-state index in [9.17, 15) is 17.6 Å². The van der Waals surface area contributed by atoms with E-state index in [1.807, 2.05) is 0 Å². The molecule has 0 bridgehead atoms. The van der Waals surface area contributed by atoms with Crippen LogP contribution in [0.4, 0.5) is 4.39 Å². The highest BCUT2D eigenvalue weighted by molar-refractivity contribution is 7.91. The Morgan fingerprint density at radius 3 is 2.18 bits per heavy atom. The summed E-state index contributed by atoms with van der Waals surface area (Å²) in [7, 11) is -3.41. The highest BCUT2D eigenvalue weighted by atomic mass is 32.2. The summed E-state index contributed by atoms with van der Waals surface area (Å²) in [4.78, 5) is 10.9. The van der Waals surface area contributed by atoms with Crippen LogP contribution >= 0.6 is 0 Å². The maximum atomic E-state index is 12.7. The first-order chi connectivity index (χ1) is 7.82. The molecule has 0 aromatic heterocycles. The van der Waals surface area contributed by atoms with E-state index >= 15 is 0 Å². The van der Waals surface area contributed by atoms with Crippen molar-refractivity contribution in [3.63, 3.8) is 0 Å². The quantitative estimate of drug-likeness (QED) is 0.879. The molecule has 1 aromatic carbocycles. The predicted molar refractivity (Wildman–Crippen MR) is 58.9 cm³/mol. The van der Waals surface area contributed by atoms with Gasteiger partial charge < -0.3 is 5.11 Å². The van der Waals surface area contributed by atoms with Crippen molar-refractivity contribution in [2.45, 2.75) is 11.2 Å². The fourth-order valence-corrected chi connectivity index (χ4v) is 3.78. The van der Waals surface area contributed by atoms with Gasteiger partial charge in [-0.25, -0.2) is 12.8 Å². The van der Waals surface area contributed by atoms with E-state index in [1.165, 1.54) is 24.3 Å². The standard InChI is InChI=1S/C11H11FO4S/c1-17(15,16)10-8(9(10)11(13)14)6-2-4-7(12)5-3-6/h2-5,8-10H,1H3,(H,13,14)/t8-,9+,10-/m0/s1. The molecule has 1 fully saturated rings. The molecule has 3 atom stereocenters. The molecule has 17 heavy (non-hydrogen) atoms. The summed E-state index contributed by atoms with van der Waals surface area (Å²) in [6.07, 6.45) is 1.02. The molecule has 4 nitrogen and oxygen atoms in total. The summed E-state index contributed by atoms with van der Waals surface area (Å²) in [5, 5.41) is 8.04. The molecule has 0 saturated heterocycles. The second-order valence-electron chi connectivity index (χ2n) is 4.24. The van der Waals surface area contributed by atoms with Crippen molar-refractivity contribution in [3.8, 4) is 0 Å². The first kappa shape index (κ1) is 12.0. The number of hydrogen-bond acceptors (Lipinski definition) is 3. The number of halogens is 1. The van der Waals surface area contributed by atoms with Gasteiger partial charge in [-0.3, -0.25) is 4.79 Å². The molecule has 1 N–H and O–H groups in total. The fraction of sp³-hybridized carbons (Fsp3) is 0.364. The molecule has 0 aliphatic heterocycles. The van der Waals surface area contributed by atoms with E-state index in [4.69, 9.17) is 5.11 Å². The zero-order chi connectivity index (χ0) is 12.8. The van der Waals surface area contributed by atoms with Gasteiger partial charge in [-0.15, -0.1) is 0 Å². The van der Waals surface area contributed by atoms with Crippen molar-refractivity contribution in [1.29, 1.82) is 0 Å². The molecule has 0 heterocycles. The predicted octanol–water partition coefficient (Wildman–Crippen LogP) is 1.04. The summed E-state index contributed by atoms with van der Waals surface area (Å²) >= 11 is 0. The lowest BCUT2D eigenvalue weighted by Gasteiger charge is -1.98. The topological polar surface area (TPSA) is 71.4 Å². The molecule has 92 valence electrons. The smallest absolute Gasteiger partial charge is 0.308 e. The lowest BCUT2D eigenvalue weighted by molar-refractivity contribution is -0.138. The number of sulfone groups is 1. The summed E-state index contributed by atoms with van der Waals surface area (Å²) in [5.74, 6) is -3.05. The maximum Gasteiger partial charge on any atom is 0.308 e. The van der Waals surface area contributed by atoms with Crippen LogP contribution in [-0.2, 0) is 14.6 Å². The van der Waals surface area contributed by atoms with Crippen LogP contribution in [0.5, 0.6) is 0 Å². The van der Waals surface area contributed by atoms with E-state index in [2.05, 4.69) is 0 Å². The van der Waals surface area contributed by atoms with Crippen LogP contribution in [-0.4, -0.2) is 31.0 Å². The van der Waals surface area contributed by atoms with Crippen LogP contribution < -0.4 is 0 Å². The van der Waals surface area contributed by atoms with E-state index in [0.717, 1.165) is 6.26 Å². The average Bonchev–Trinajstić information content (AvgIpc) is 2.93. The molecule has 0 amide bonds. The van der Waals surface area contributed by atoms with Crippen LogP contribution in [0.3, 0.4) is 0 Å². The molecule has 1 aromatic rings. The normalized spacial score (nSPS) is 27.8. The third-order valence-electron chi connectivity index (χ3n) is 2.99. The van der Waals surface area contributed by atoms with Gasteiger partial charge in [0.1, 0.15) is 5.82 Å². The van der Waals surface area contributed by atoms with Crippen LogP contribution in [0, 0.1) is 11.7 Å². The van der Waals surface area contributed by atoms with Gasteiger partial charge in [0, 0.05) is 12.2 Å². The fourth-order valence-electron chi connectivity index (χ4n) is 2.19. The van der Waals surface area contributed by atoms with Gasteiger partial charge in [0.25, 0.3) is 0 Å². The number of hydrogen-bond donors (Lipinski definition) is 1. The van der Waals surface area contributed by atoms with Crippen LogP contribution in [0.25, 0.3) is 0 Å². The van der Waals surface area contributed by atoms with Crippen molar-refractivity contribution in [2.24, 2.45) is 5.92 Å². The first-order valence-electron chi connectivity index (χ1n) is 4.99. The van der Waals surface area contributed by atoms with E-state index in [0.29, 0.717) is 5.56 Å². The van der Waals surface area contributed by atoms with Crippen LogP contribution in [0.1, 0.15) is 11.5 Å². The molecule has 0 spiro atoms. The molecule has 0 radical (unpaired) electrons. The average molecular weight is 258 g/mol. The van der Waals surface area contributed by atoms with Crippen LogP contribution in [0.15, 0.2) is 24.3 Å². The third-order valence-corrected chi connectivity index (χ3v) is 4.56. The Morgan fingerprint density at radius 2 is 1.82 bits per heavy atom. The van der Waals surface area contributed by atoms with Gasteiger partial charge in [-0.05, 0) is 17.7 Å². The highest BCUT2D eigenvalue weighted by Crippen LogP contribution is 2.52. The Morgan fingerprint density at radius 1 is 1.29 bits per heavy atom. The molecular formula is C11H11FO4S. The van der Waals surface area contributed by atoms with Gasteiger partial charge in [0.2, 0.25) is 0 Å². The minimum atomic E-state index is -3.41. The summed E-state index contributed by atoms with van der Waals surface area (Å²) in [6.45, 7) is 0.